The number of furan rings is 1. The second kappa shape index (κ2) is 7.70. The summed E-state index contributed by atoms with van der Waals surface area (Å²) in [5, 5.41) is 18.1. The highest BCUT2D eigenvalue weighted by Gasteiger charge is 2.16. The van der Waals surface area contributed by atoms with Crippen LogP contribution in [0.1, 0.15) is 12.2 Å². The molecule has 24 heavy (non-hydrogen) atoms. The van der Waals surface area contributed by atoms with E-state index in [0.29, 0.717) is 18.7 Å². The minimum Gasteiger partial charge on any atom is -0.497 e. The minimum atomic E-state index is 0.465. The van der Waals surface area contributed by atoms with Gasteiger partial charge in [-0.1, -0.05) is 23.9 Å². The van der Waals surface area contributed by atoms with Crippen LogP contribution in [0, 0.1) is 11.3 Å². The Hall–Kier alpha value is -2.72. The van der Waals surface area contributed by atoms with E-state index in [1.807, 2.05) is 41.0 Å². The van der Waals surface area contributed by atoms with Crippen LogP contribution in [0.25, 0.3) is 11.4 Å². The molecule has 3 aromatic rings. The van der Waals surface area contributed by atoms with E-state index < -0.39 is 0 Å². The van der Waals surface area contributed by atoms with Crippen molar-refractivity contribution in [3.05, 3.63) is 48.4 Å². The number of methoxy groups -OCH3 is 1. The summed E-state index contributed by atoms with van der Waals surface area (Å²) in [6, 6.07) is 13.6. The molecule has 6 nitrogen and oxygen atoms in total. The van der Waals surface area contributed by atoms with Crippen molar-refractivity contribution in [3.8, 4) is 23.2 Å². The Kier molecular flexibility index (Phi) is 5.18. The zero-order valence-corrected chi connectivity index (χ0v) is 14.0. The number of nitrogens with zero attached hydrogens (tertiary/aromatic N) is 4. The lowest BCUT2D eigenvalue weighted by molar-refractivity contribution is 0.415. The average molecular weight is 340 g/mol. The van der Waals surface area contributed by atoms with Gasteiger partial charge in [-0.25, -0.2) is 0 Å². The van der Waals surface area contributed by atoms with Gasteiger partial charge in [-0.05, 0) is 24.3 Å². The molecule has 2 aromatic heterocycles. The second-order valence-electron chi connectivity index (χ2n) is 4.96. The smallest absolute Gasteiger partial charge is 0.191 e. The van der Waals surface area contributed by atoms with Crippen LogP contribution in [0.15, 0.2) is 52.2 Å². The highest BCUT2D eigenvalue weighted by Crippen LogP contribution is 2.27. The molecular formula is C17H16N4O2S. The summed E-state index contributed by atoms with van der Waals surface area (Å²) in [6.45, 7) is 0.529. The average Bonchev–Trinajstić information content (AvgIpc) is 3.26. The largest absolute Gasteiger partial charge is 0.497 e. The van der Waals surface area contributed by atoms with E-state index in [1.54, 1.807) is 13.4 Å². The molecule has 0 atom stereocenters. The van der Waals surface area contributed by atoms with Crippen molar-refractivity contribution >= 4 is 11.8 Å². The van der Waals surface area contributed by atoms with Gasteiger partial charge in [0.15, 0.2) is 11.0 Å². The third-order valence-electron chi connectivity index (χ3n) is 3.38. The number of ether oxygens (including phenoxy) is 1. The summed E-state index contributed by atoms with van der Waals surface area (Å²) in [5.74, 6) is 3.00. The Labute approximate surface area is 144 Å². The Morgan fingerprint density at radius 3 is 2.96 bits per heavy atom. The standard InChI is InChI=1S/C17H16N4O2S/c1-22-14-6-2-5-13(11-14)16-19-20-17(24-10-4-8-18)21(16)12-15-7-3-9-23-15/h2-3,5-7,9,11H,4,10,12H2,1H3. The number of hydrogen-bond acceptors (Lipinski definition) is 6. The molecule has 0 aliphatic heterocycles. The number of rotatable bonds is 7. The topological polar surface area (TPSA) is 76.9 Å². The Morgan fingerprint density at radius 2 is 2.21 bits per heavy atom. The summed E-state index contributed by atoms with van der Waals surface area (Å²) in [4.78, 5) is 0. The van der Waals surface area contributed by atoms with Crippen LogP contribution >= 0.6 is 11.8 Å². The number of aromatic nitrogens is 3. The molecular weight excluding hydrogens is 324 g/mol. The summed E-state index contributed by atoms with van der Waals surface area (Å²) in [6.07, 6.45) is 2.11. The lowest BCUT2D eigenvalue weighted by atomic mass is 10.2. The fourth-order valence-corrected chi connectivity index (χ4v) is 3.04. The fourth-order valence-electron chi connectivity index (χ4n) is 2.26. The molecule has 0 bridgehead atoms. The Balaban J connectivity index is 1.96. The number of nitriles is 1. The molecule has 122 valence electrons. The molecule has 0 N–H and O–H groups in total. The minimum absolute atomic E-state index is 0.465. The van der Waals surface area contributed by atoms with Gasteiger partial charge in [0, 0.05) is 17.7 Å². The lowest BCUT2D eigenvalue weighted by Gasteiger charge is -2.09. The van der Waals surface area contributed by atoms with Crippen LogP contribution in [-0.4, -0.2) is 27.6 Å². The molecule has 0 spiro atoms. The summed E-state index contributed by atoms with van der Waals surface area (Å²) >= 11 is 1.51. The molecule has 7 heteroatoms. The van der Waals surface area contributed by atoms with E-state index in [9.17, 15) is 0 Å². The van der Waals surface area contributed by atoms with Gasteiger partial charge in [-0.2, -0.15) is 5.26 Å². The Bertz CT molecular complexity index is 837. The van der Waals surface area contributed by atoms with E-state index in [4.69, 9.17) is 14.4 Å². The van der Waals surface area contributed by atoms with Crippen molar-refractivity contribution in [1.82, 2.24) is 14.8 Å². The monoisotopic (exact) mass is 340 g/mol. The van der Waals surface area contributed by atoms with Crippen molar-refractivity contribution in [3.63, 3.8) is 0 Å². The van der Waals surface area contributed by atoms with Crippen LogP contribution in [0.3, 0.4) is 0 Å². The van der Waals surface area contributed by atoms with E-state index in [2.05, 4.69) is 16.3 Å². The van der Waals surface area contributed by atoms with Gasteiger partial charge < -0.3 is 9.15 Å². The van der Waals surface area contributed by atoms with Gasteiger partial charge in [0.1, 0.15) is 11.5 Å². The van der Waals surface area contributed by atoms with Crippen LogP contribution in [0.2, 0.25) is 0 Å². The predicted molar refractivity (Wildman–Crippen MR) is 90.8 cm³/mol. The predicted octanol–water partition coefficient (Wildman–Crippen LogP) is 3.60. The van der Waals surface area contributed by atoms with Gasteiger partial charge in [-0.15, -0.1) is 10.2 Å². The first kappa shape index (κ1) is 16.1. The SMILES string of the molecule is COc1cccc(-c2nnc(SCCC#N)n2Cc2ccco2)c1. The van der Waals surface area contributed by atoms with Crippen molar-refractivity contribution in [1.29, 1.82) is 5.26 Å². The summed E-state index contributed by atoms with van der Waals surface area (Å²) < 4.78 is 12.7. The van der Waals surface area contributed by atoms with Crippen molar-refractivity contribution in [2.24, 2.45) is 0 Å². The molecule has 0 saturated carbocycles. The van der Waals surface area contributed by atoms with E-state index in [1.165, 1.54) is 11.8 Å². The molecule has 3 rings (SSSR count). The molecule has 2 heterocycles. The molecule has 0 aliphatic carbocycles. The van der Waals surface area contributed by atoms with Gasteiger partial charge in [0.05, 0.1) is 26.0 Å². The van der Waals surface area contributed by atoms with Gasteiger partial charge in [-0.3, -0.25) is 4.57 Å². The molecule has 0 saturated heterocycles. The lowest BCUT2D eigenvalue weighted by Crippen LogP contribution is -2.03. The molecule has 1 aromatic carbocycles. The molecule has 0 aliphatic rings. The highest BCUT2D eigenvalue weighted by molar-refractivity contribution is 7.99. The van der Waals surface area contributed by atoms with E-state index >= 15 is 0 Å². The fraction of sp³-hybridized carbons (Fsp3) is 0.235. The molecule has 0 fully saturated rings. The van der Waals surface area contributed by atoms with Crippen molar-refractivity contribution in [2.45, 2.75) is 18.1 Å². The first-order valence-electron chi connectivity index (χ1n) is 7.41. The van der Waals surface area contributed by atoms with Crippen LogP contribution < -0.4 is 4.74 Å². The van der Waals surface area contributed by atoms with E-state index in [-0.39, 0.29) is 0 Å². The number of hydrogen-bond donors (Lipinski definition) is 0. The van der Waals surface area contributed by atoms with Crippen LogP contribution in [0.4, 0.5) is 0 Å². The van der Waals surface area contributed by atoms with Crippen LogP contribution in [-0.2, 0) is 6.54 Å². The quantitative estimate of drug-likeness (QED) is 0.483. The first-order chi connectivity index (χ1) is 11.8. The van der Waals surface area contributed by atoms with Gasteiger partial charge >= 0.3 is 0 Å². The molecule has 0 radical (unpaired) electrons. The van der Waals surface area contributed by atoms with Gasteiger partial charge in [0.25, 0.3) is 0 Å². The highest BCUT2D eigenvalue weighted by atomic mass is 32.2. The van der Waals surface area contributed by atoms with E-state index in [0.717, 1.165) is 28.1 Å². The Morgan fingerprint density at radius 1 is 1.29 bits per heavy atom. The molecule has 0 amide bonds. The van der Waals surface area contributed by atoms with Crippen molar-refractivity contribution < 1.29 is 9.15 Å². The summed E-state index contributed by atoms with van der Waals surface area (Å²) in [7, 11) is 1.63. The normalized spacial score (nSPS) is 10.5. The van der Waals surface area contributed by atoms with Crippen molar-refractivity contribution in [2.75, 3.05) is 12.9 Å². The van der Waals surface area contributed by atoms with Gasteiger partial charge in [0.2, 0.25) is 0 Å². The number of thioether (sulfide) groups is 1. The maximum absolute atomic E-state index is 8.73. The zero-order chi connectivity index (χ0) is 16.8. The third-order valence-corrected chi connectivity index (χ3v) is 4.35. The second-order valence-corrected chi connectivity index (χ2v) is 6.02. The molecule has 0 unspecified atom stereocenters. The zero-order valence-electron chi connectivity index (χ0n) is 13.2. The maximum Gasteiger partial charge on any atom is 0.191 e. The third kappa shape index (κ3) is 3.60. The summed E-state index contributed by atoms with van der Waals surface area (Å²) in [5.41, 5.74) is 0.917. The number of benzene rings is 1. The maximum atomic E-state index is 8.73. The first-order valence-corrected chi connectivity index (χ1v) is 8.40. The van der Waals surface area contributed by atoms with Crippen LogP contribution in [0.5, 0.6) is 5.75 Å².